The second kappa shape index (κ2) is 1.70. The first-order valence-electron chi connectivity index (χ1n) is 2.83. The van der Waals surface area contributed by atoms with Crippen LogP contribution >= 0.6 is 0 Å². The summed E-state index contributed by atoms with van der Waals surface area (Å²) in [5, 5.41) is 7.12. The predicted octanol–water partition coefficient (Wildman–Crippen LogP) is 0.757. The van der Waals surface area contributed by atoms with Crippen molar-refractivity contribution in [1.82, 2.24) is 10.3 Å². The van der Waals surface area contributed by atoms with Gasteiger partial charge < -0.3 is 5.73 Å². The number of hydrogen-bond acceptors (Lipinski definition) is 4. The lowest BCUT2D eigenvalue weighted by Gasteiger charge is -1.92. The van der Waals surface area contributed by atoms with Gasteiger partial charge in [0.25, 0.3) is 0 Å². The van der Waals surface area contributed by atoms with E-state index in [1.807, 2.05) is 0 Å². The Kier molecular flexibility index (Phi) is 0.887. The number of fused-ring (bicyclic) bond motifs is 1. The molecule has 0 aromatic rings. The average molecular weight is 135 g/mol. The van der Waals surface area contributed by atoms with Crippen LogP contribution in [0.25, 0.3) is 11.3 Å². The van der Waals surface area contributed by atoms with Crippen LogP contribution in [0.3, 0.4) is 0 Å². The molecular weight excluding hydrogens is 130 g/mol. The van der Waals surface area contributed by atoms with Gasteiger partial charge in [-0.1, -0.05) is 10.3 Å². The third kappa shape index (κ3) is 0.556. The second-order valence-electron chi connectivity index (χ2n) is 2.00. The summed E-state index contributed by atoms with van der Waals surface area (Å²) >= 11 is 0. The number of nitrogens with zero attached hydrogens (tertiary/aromatic N) is 2. The van der Waals surface area contributed by atoms with Gasteiger partial charge in [-0.3, -0.25) is 0 Å². The van der Waals surface area contributed by atoms with Gasteiger partial charge in [0.2, 0.25) is 0 Å². The number of nitrogen functional groups attached to an aromatic ring is 1. The molecule has 0 saturated heterocycles. The molecule has 0 aromatic heterocycles. The molecule has 0 saturated carbocycles. The van der Waals surface area contributed by atoms with Gasteiger partial charge in [0.05, 0.1) is 6.20 Å². The van der Waals surface area contributed by atoms with E-state index in [1.165, 1.54) is 0 Å². The summed E-state index contributed by atoms with van der Waals surface area (Å²) in [6.07, 6.45) is 1.55. The molecule has 0 aromatic carbocycles. The van der Waals surface area contributed by atoms with Gasteiger partial charge in [0.1, 0.15) is 5.69 Å². The van der Waals surface area contributed by atoms with Crippen molar-refractivity contribution in [2.45, 2.75) is 0 Å². The lowest BCUT2D eigenvalue weighted by molar-refractivity contribution is 0.285. The maximum absolute atomic E-state index is 5.55. The summed E-state index contributed by atoms with van der Waals surface area (Å²) in [4.78, 5) is 0. The fourth-order valence-electron chi connectivity index (χ4n) is 0.860. The van der Waals surface area contributed by atoms with E-state index >= 15 is 0 Å². The van der Waals surface area contributed by atoms with Crippen LogP contribution < -0.4 is 5.73 Å². The minimum atomic E-state index is 0.686. The molecule has 2 rings (SSSR count). The van der Waals surface area contributed by atoms with E-state index in [9.17, 15) is 0 Å². The van der Waals surface area contributed by atoms with Crippen molar-refractivity contribution in [2.75, 3.05) is 5.73 Å². The third-order valence-corrected chi connectivity index (χ3v) is 1.38. The summed E-state index contributed by atoms with van der Waals surface area (Å²) in [6.45, 7) is 0. The highest BCUT2D eigenvalue weighted by atomic mass is 16.6. The Morgan fingerprint density at radius 3 is 3.10 bits per heavy atom. The Labute approximate surface area is 56.9 Å². The van der Waals surface area contributed by atoms with Crippen molar-refractivity contribution in [3.8, 4) is 11.3 Å². The molecule has 10 heavy (non-hydrogen) atoms. The van der Waals surface area contributed by atoms with E-state index < -0.39 is 0 Å². The van der Waals surface area contributed by atoms with E-state index in [-0.39, 0.29) is 0 Å². The molecule has 0 fully saturated rings. The van der Waals surface area contributed by atoms with E-state index in [0.717, 1.165) is 11.3 Å². The van der Waals surface area contributed by atoms with Gasteiger partial charge in [-0.2, -0.15) is 0 Å². The zero-order valence-corrected chi connectivity index (χ0v) is 5.11. The normalized spacial score (nSPS) is 10.4. The van der Waals surface area contributed by atoms with E-state index in [0.29, 0.717) is 5.69 Å². The van der Waals surface area contributed by atoms with Gasteiger partial charge in [-0.15, -0.1) is 0 Å². The van der Waals surface area contributed by atoms with Crippen LogP contribution in [0.4, 0.5) is 5.69 Å². The topological polar surface area (TPSA) is 64.9 Å². The molecule has 0 unspecified atom stereocenters. The fraction of sp³-hybridized carbons (Fsp3) is 0. The highest BCUT2D eigenvalue weighted by Crippen LogP contribution is 2.25. The van der Waals surface area contributed by atoms with Crippen LogP contribution in [0.5, 0.6) is 0 Å². The molecule has 1 aliphatic carbocycles. The summed E-state index contributed by atoms with van der Waals surface area (Å²) in [7, 11) is 0. The largest absolute Gasteiger partial charge is 0.398 e. The summed E-state index contributed by atoms with van der Waals surface area (Å²) < 4.78 is 4.45. The number of nitrogens with two attached hydrogens (primary N) is 1. The monoisotopic (exact) mass is 135 g/mol. The Hall–Kier alpha value is -1.58. The second-order valence-corrected chi connectivity index (χ2v) is 2.00. The van der Waals surface area contributed by atoms with E-state index in [4.69, 9.17) is 5.73 Å². The molecule has 50 valence electrons. The van der Waals surface area contributed by atoms with Crippen LogP contribution in [0.1, 0.15) is 0 Å². The van der Waals surface area contributed by atoms with Gasteiger partial charge in [-0.25, -0.2) is 4.63 Å². The Balaban J connectivity index is 2.78. The number of rotatable bonds is 0. The van der Waals surface area contributed by atoms with E-state index in [2.05, 4.69) is 14.9 Å². The molecular formula is C6H5N3O. The lowest BCUT2D eigenvalue weighted by atomic mass is 10.3. The third-order valence-electron chi connectivity index (χ3n) is 1.38. The SMILES string of the molecule is Nc1ccc2noncc1-2. The number of hydrogen-bond donors (Lipinski definition) is 1. The van der Waals surface area contributed by atoms with Crippen LogP contribution in [-0.2, 0) is 0 Å². The molecule has 0 amide bonds. The van der Waals surface area contributed by atoms with Crippen LogP contribution in [-0.4, -0.2) is 10.3 Å². The Bertz CT molecular complexity index is 317. The first-order valence-corrected chi connectivity index (χ1v) is 2.83. The lowest BCUT2D eigenvalue weighted by Crippen LogP contribution is -1.86. The average Bonchev–Trinajstić information content (AvgIpc) is 2.34. The first kappa shape index (κ1) is 5.22. The maximum atomic E-state index is 5.55. The van der Waals surface area contributed by atoms with Crippen molar-refractivity contribution in [1.29, 1.82) is 0 Å². The molecule has 1 heterocycles. The van der Waals surface area contributed by atoms with Crippen molar-refractivity contribution in [3.63, 3.8) is 0 Å². The smallest absolute Gasteiger partial charge is 0.117 e. The quantitative estimate of drug-likeness (QED) is 0.579. The van der Waals surface area contributed by atoms with Crippen LogP contribution in [0.2, 0.25) is 0 Å². The van der Waals surface area contributed by atoms with Gasteiger partial charge >= 0.3 is 0 Å². The zero-order valence-electron chi connectivity index (χ0n) is 5.11. The molecule has 0 atom stereocenters. The molecule has 2 aliphatic rings. The van der Waals surface area contributed by atoms with Crippen molar-refractivity contribution >= 4 is 5.69 Å². The molecule has 0 radical (unpaired) electrons. The van der Waals surface area contributed by atoms with Gasteiger partial charge in [0, 0.05) is 11.3 Å². The van der Waals surface area contributed by atoms with Crippen molar-refractivity contribution < 1.29 is 4.63 Å². The molecule has 1 aliphatic heterocycles. The molecule has 4 heteroatoms. The zero-order chi connectivity index (χ0) is 6.97. The van der Waals surface area contributed by atoms with Crippen LogP contribution in [0.15, 0.2) is 23.0 Å². The van der Waals surface area contributed by atoms with Crippen molar-refractivity contribution in [3.05, 3.63) is 18.3 Å². The van der Waals surface area contributed by atoms with Gasteiger partial charge in [0.15, 0.2) is 0 Å². The number of aromatic nitrogens is 2. The maximum Gasteiger partial charge on any atom is 0.117 e. The van der Waals surface area contributed by atoms with E-state index in [1.54, 1.807) is 18.3 Å². The summed E-state index contributed by atoms with van der Waals surface area (Å²) in [6, 6.07) is 3.56. The van der Waals surface area contributed by atoms with Gasteiger partial charge in [-0.05, 0) is 12.1 Å². The standard InChI is InChI=1S/C6H5N3O/c7-5-1-2-6-4(5)3-8-10-9-6/h1-3H,7H2. The molecule has 0 spiro atoms. The van der Waals surface area contributed by atoms with Crippen LogP contribution in [0, 0.1) is 0 Å². The number of anilines is 1. The molecule has 2 N–H and O–H groups in total. The minimum absolute atomic E-state index is 0.686. The highest BCUT2D eigenvalue weighted by Gasteiger charge is 2.07. The molecule has 4 nitrogen and oxygen atoms in total. The summed E-state index contributed by atoms with van der Waals surface area (Å²) in [5.74, 6) is 0. The first-order chi connectivity index (χ1) is 4.88. The highest BCUT2D eigenvalue weighted by molar-refractivity contribution is 5.75. The predicted molar refractivity (Wildman–Crippen MR) is 35.3 cm³/mol. The molecule has 0 bridgehead atoms. The Morgan fingerprint density at radius 2 is 2.30 bits per heavy atom. The fourth-order valence-corrected chi connectivity index (χ4v) is 0.860. The summed E-state index contributed by atoms with van der Waals surface area (Å²) in [5.41, 5.74) is 7.82. The van der Waals surface area contributed by atoms with Crippen molar-refractivity contribution in [2.24, 2.45) is 0 Å². The Morgan fingerprint density at radius 1 is 1.40 bits per heavy atom. The minimum Gasteiger partial charge on any atom is -0.398 e.